The van der Waals surface area contributed by atoms with Gasteiger partial charge in [0.2, 0.25) is 0 Å². The second-order valence-corrected chi connectivity index (χ2v) is 4.11. The molecule has 0 heterocycles. The number of hydrogen-bond donors (Lipinski definition) is 0. The molecule has 0 bridgehead atoms. The van der Waals surface area contributed by atoms with E-state index in [1.807, 2.05) is 0 Å². The normalized spacial score (nSPS) is 12.4. The number of alkyl halides is 3. The molecule has 0 aromatic heterocycles. The van der Waals surface area contributed by atoms with Gasteiger partial charge in [-0.3, -0.25) is 4.79 Å². The fraction of sp³-hybridized carbons (Fsp3) is 0.385. The topological polar surface area (TPSA) is 53.3 Å². The lowest BCUT2D eigenvalue weighted by Gasteiger charge is -2.21. The zero-order valence-corrected chi connectivity index (χ0v) is 10.9. The lowest BCUT2D eigenvalue weighted by Crippen LogP contribution is -2.38. The third-order valence-corrected chi connectivity index (χ3v) is 2.53. The molecule has 20 heavy (non-hydrogen) atoms. The summed E-state index contributed by atoms with van der Waals surface area (Å²) < 4.78 is 43.4. The van der Waals surface area contributed by atoms with Gasteiger partial charge >= 0.3 is 6.18 Å². The Morgan fingerprint density at radius 3 is 2.60 bits per heavy atom. The van der Waals surface area contributed by atoms with Crippen LogP contribution in [-0.4, -0.2) is 30.5 Å². The summed E-state index contributed by atoms with van der Waals surface area (Å²) in [6, 6.07) is 6.43. The third kappa shape index (κ3) is 3.88. The first kappa shape index (κ1) is 15.8. The van der Waals surface area contributed by atoms with Crippen molar-refractivity contribution in [2.24, 2.45) is 0 Å². The van der Waals surface area contributed by atoms with Crippen LogP contribution in [0.5, 0.6) is 5.75 Å². The molecule has 7 heteroatoms. The minimum absolute atomic E-state index is 0.159. The maximum Gasteiger partial charge on any atom is 0.419 e. The molecule has 0 aliphatic rings. The smallest absolute Gasteiger partial charge is 0.419 e. The van der Waals surface area contributed by atoms with E-state index >= 15 is 0 Å². The predicted octanol–water partition coefficient (Wildman–Crippen LogP) is 2.45. The Bertz CT molecular complexity index is 523. The molecule has 1 amide bonds. The summed E-state index contributed by atoms with van der Waals surface area (Å²) in [4.78, 5) is 12.9. The van der Waals surface area contributed by atoms with Crippen molar-refractivity contribution in [1.82, 2.24) is 4.90 Å². The first-order valence-electron chi connectivity index (χ1n) is 5.72. The number of benzene rings is 1. The van der Waals surface area contributed by atoms with E-state index in [0.717, 1.165) is 17.0 Å². The van der Waals surface area contributed by atoms with E-state index in [4.69, 9.17) is 10.00 Å². The number of nitriles is 1. The van der Waals surface area contributed by atoms with E-state index in [-0.39, 0.29) is 6.54 Å². The number of nitrogens with zero attached hydrogens (tertiary/aromatic N) is 2. The predicted molar refractivity (Wildman–Crippen MR) is 64.8 cm³/mol. The van der Waals surface area contributed by atoms with Crippen molar-refractivity contribution < 1.29 is 22.7 Å². The van der Waals surface area contributed by atoms with Crippen molar-refractivity contribution in [2.45, 2.75) is 19.2 Å². The third-order valence-electron chi connectivity index (χ3n) is 2.53. The highest BCUT2D eigenvalue weighted by Crippen LogP contribution is 2.36. The molecule has 4 nitrogen and oxygen atoms in total. The Kier molecular flexibility index (Phi) is 4.97. The fourth-order valence-corrected chi connectivity index (χ4v) is 1.54. The number of likely N-dealkylation sites (N-methyl/N-ethyl adjacent to an activating group) is 1. The van der Waals surface area contributed by atoms with Crippen molar-refractivity contribution in [3.8, 4) is 11.8 Å². The molecule has 1 aromatic carbocycles. The number of amides is 1. The molecule has 0 aliphatic carbocycles. The van der Waals surface area contributed by atoms with Gasteiger partial charge < -0.3 is 9.64 Å². The van der Waals surface area contributed by atoms with Crippen LogP contribution in [0, 0.1) is 11.3 Å². The maximum atomic E-state index is 12.8. The van der Waals surface area contributed by atoms with E-state index in [1.165, 1.54) is 26.1 Å². The summed E-state index contributed by atoms with van der Waals surface area (Å²) >= 11 is 0. The molecular formula is C13H13F3N2O2. The summed E-state index contributed by atoms with van der Waals surface area (Å²) in [6.07, 6.45) is -5.67. The number of ether oxygens (including phenoxy) is 1. The SMILES string of the molecule is CC(Oc1ccccc1C(F)(F)F)C(=O)N(C)CC#N. The van der Waals surface area contributed by atoms with Crippen LogP contribution in [0.2, 0.25) is 0 Å². The number of hydrogen-bond acceptors (Lipinski definition) is 3. The first-order chi connectivity index (χ1) is 9.27. The lowest BCUT2D eigenvalue weighted by molar-refractivity contribution is -0.142. The molecule has 1 rings (SSSR count). The Morgan fingerprint density at radius 1 is 1.45 bits per heavy atom. The van der Waals surface area contributed by atoms with Gasteiger partial charge in [0.15, 0.2) is 6.10 Å². The molecule has 0 radical (unpaired) electrons. The van der Waals surface area contributed by atoms with Crippen LogP contribution < -0.4 is 4.74 Å². The van der Waals surface area contributed by atoms with Gasteiger partial charge in [-0.05, 0) is 19.1 Å². The van der Waals surface area contributed by atoms with E-state index in [0.29, 0.717) is 0 Å². The average Bonchev–Trinajstić information content (AvgIpc) is 2.37. The van der Waals surface area contributed by atoms with Gasteiger partial charge in [0.05, 0.1) is 11.6 Å². The van der Waals surface area contributed by atoms with Crippen LogP contribution in [0.1, 0.15) is 12.5 Å². The molecule has 0 aliphatic heterocycles. The first-order valence-corrected chi connectivity index (χ1v) is 5.72. The highest BCUT2D eigenvalue weighted by atomic mass is 19.4. The van der Waals surface area contributed by atoms with Crippen LogP contribution in [0.25, 0.3) is 0 Å². The van der Waals surface area contributed by atoms with Gasteiger partial charge in [0.25, 0.3) is 5.91 Å². The number of halogens is 3. The van der Waals surface area contributed by atoms with E-state index < -0.39 is 29.5 Å². The van der Waals surface area contributed by atoms with Crippen LogP contribution in [0.15, 0.2) is 24.3 Å². The van der Waals surface area contributed by atoms with E-state index in [2.05, 4.69) is 0 Å². The minimum atomic E-state index is -4.56. The number of rotatable bonds is 4. The summed E-state index contributed by atoms with van der Waals surface area (Å²) in [5, 5.41) is 8.47. The number of carbonyl (C=O) groups excluding carboxylic acids is 1. The summed E-state index contributed by atoms with van der Waals surface area (Å²) in [7, 11) is 1.38. The van der Waals surface area contributed by atoms with Gasteiger partial charge in [-0.15, -0.1) is 0 Å². The Morgan fingerprint density at radius 2 is 2.05 bits per heavy atom. The Hall–Kier alpha value is -2.23. The monoisotopic (exact) mass is 286 g/mol. The highest BCUT2D eigenvalue weighted by Gasteiger charge is 2.35. The quantitative estimate of drug-likeness (QED) is 0.799. The minimum Gasteiger partial charge on any atom is -0.480 e. The van der Waals surface area contributed by atoms with Crippen molar-refractivity contribution in [2.75, 3.05) is 13.6 Å². The van der Waals surface area contributed by atoms with Crippen molar-refractivity contribution in [3.05, 3.63) is 29.8 Å². The molecule has 0 saturated carbocycles. The highest BCUT2D eigenvalue weighted by molar-refractivity contribution is 5.80. The van der Waals surface area contributed by atoms with Crippen LogP contribution >= 0.6 is 0 Å². The van der Waals surface area contributed by atoms with Gasteiger partial charge in [0.1, 0.15) is 12.3 Å². The molecule has 1 aromatic rings. The standard InChI is InChI=1S/C13H13F3N2O2/c1-9(12(19)18(2)8-7-17)20-11-6-4-3-5-10(11)13(14,15)16/h3-6,9H,8H2,1-2H3. The fourth-order valence-electron chi connectivity index (χ4n) is 1.54. The summed E-state index contributed by atoms with van der Waals surface area (Å²) in [5.74, 6) is -0.977. The van der Waals surface area contributed by atoms with Gasteiger partial charge in [-0.2, -0.15) is 18.4 Å². The van der Waals surface area contributed by atoms with Crippen molar-refractivity contribution in [3.63, 3.8) is 0 Å². The van der Waals surface area contributed by atoms with E-state index in [1.54, 1.807) is 6.07 Å². The van der Waals surface area contributed by atoms with Gasteiger partial charge in [-0.1, -0.05) is 12.1 Å². The van der Waals surface area contributed by atoms with Crippen molar-refractivity contribution in [1.29, 1.82) is 5.26 Å². The van der Waals surface area contributed by atoms with Crippen LogP contribution in [-0.2, 0) is 11.0 Å². The summed E-state index contributed by atoms with van der Waals surface area (Å²) in [6.45, 7) is 1.18. The molecule has 0 fully saturated rings. The second kappa shape index (κ2) is 6.28. The lowest BCUT2D eigenvalue weighted by atomic mass is 10.2. The summed E-state index contributed by atoms with van der Waals surface area (Å²) in [5.41, 5.74) is -0.942. The zero-order chi connectivity index (χ0) is 15.3. The van der Waals surface area contributed by atoms with Crippen LogP contribution in [0.4, 0.5) is 13.2 Å². The molecule has 0 saturated heterocycles. The Balaban J connectivity index is 2.89. The maximum absolute atomic E-state index is 12.8. The van der Waals surface area contributed by atoms with Gasteiger partial charge in [0, 0.05) is 7.05 Å². The second-order valence-electron chi connectivity index (χ2n) is 4.11. The molecule has 1 atom stereocenters. The molecule has 0 N–H and O–H groups in total. The average molecular weight is 286 g/mol. The molecular weight excluding hydrogens is 273 g/mol. The zero-order valence-electron chi connectivity index (χ0n) is 10.9. The molecule has 1 unspecified atom stereocenters. The largest absolute Gasteiger partial charge is 0.480 e. The molecule has 108 valence electrons. The van der Waals surface area contributed by atoms with Crippen LogP contribution in [0.3, 0.4) is 0 Å². The van der Waals surface area contributed by atoms with Crippen molar-refractivity contribution >= 4 is 5.91 Å². The Labute approximate surface area is 114 Å². The van der Waals surface area contributed by atoms with E-state index in [9.17, 15) is 18.0 Å². The molecule has 0 spiro atoms. The number of para-hydroxylation sites is 1. The number of carbonyl (C=O) groups is 1. The van der Waals surface area contributed by atoms with Gasteiger partial charge in [-0.25, -0.2) is 0 Å².